The van der Waals surface area contributed by atoms with Crippen molar-refractivity contribution in [2.45, 2.75) is 26.1 Å². The van der Waals surface area contributed by atoms with Crippen molar-refractivity contribution >= 4 is 45.0 Å². The van der Waals surface area contributed by atoms with Crippen LogP contribution < -0.4 is 9.62 Å². The molecule has 0 radical (unpaired) electrons. The maximum Gasteiger partial charge on any atom is 0.251 e. The van der Waals surface area contributed by atoms with Gasteiger partial charge in [-0.25, -0.2) is 8.42 Å². The second kappa shape index (κ2) is 11.8. The number of carbonyl (C=O) groups is 1. The van der Waals surface area contributed by atoms with Gasteiger partial charge in [0.15, 0.2) is 0 Å². The van der Waals surface area contributed by atoms with Crippen LogP contribution in [0.25, 0.3) is 0 Å². The first-order valence-corrected chi connectivity index (χ1v) is 14.3. The number of benzene rings is 3. The van der Waals surface area contributed by atoms with Gasteiger partial charge in [-0.2, -0.15) is 11.8 Å². The molecule has 0 aliphatic carbocycles. The number of rotatable bonds is 10. The van der Waals surface area contributed by atoms with E-state index in [1.807, 2.05) is 56.3 Å². The molecule has 3 rings (SSSR count). The molecule has 0 aromatic heterocycles. The molecule has 0 atom stereocenters. The predicted octanol–water partition coefficient (Wildman–Crippen LogP) is 5.59. The van der Waals surface area contributed by atoms with Gasteiger partial charge in [-0.05, 0) is 60.4 Å². The maximum atomic E-state index is 12.5. The van der Waals surface area contributed by atoms with Gasteiger partial charge in [0.1, 0.15) is 0 Å². The van der Waals surface area contributed by atoms with Crippen LogP contribution in [0.15, 0.2) is 66.7 Å². The molecule has 3 aromatic carbocycles. The molecule has 0 saturated heterocycles. The standard InChI is InChI=1S/C26H29ClN2O3S2/c1-19-6-4-7-20(2)25(19)29(34(3,31)32)17-21-10-12-23(13-11-21)26(30)28-14-15-33-18-22-8-5-9-24(27)16-22/h4-13,16H,14-15,17-18H2,1-3H3,(H,28,30). The van der Waals surface area contributed by atoms with Crippen LogP contribution in [-0.4, -0.2) is 32.9 Å². The van der Waals surface area contributed by atoms with Crippen molar-refractivity contribution in [3.8, 4) is 0 Å². The Balaban J connectivity index is 1.56. The zero-order valence-electron chi connectivity index (χ0n) is 19.5. The molecule has 1 N–H and O–H groups in total. The molecule has 34 heavy (non-hydrogen) atoms. The number of anilines is 1. The van der Waals surface area contributed by atoms with Gasteiger partial charge in [0.05, 0.1) is 18.5 Å². The second-order valence-corrected chi connectivity index (χ2v) is 11.6. The molecule has 0 bridgehead atoms. The minimum Gasteiger partial charge on any atom is -0.351 e. The van der Waals surface area contributed by atoms with Gasteiger partial charge in [0, 0.05) is 28.6 Å². The summed E-state index contributed by atoms with van der Waals surface area (Å²) < 4.78 is 26.5. The highest BCUT2D eigenvalue weighted by atomic mass is 35.5. The van der Waals surface area contributed by atoms with E-state index in [1.54, 1.807) is 36.0 Å². The van der Waals surface area contributed by atoms with Crippen LogP contribution in [0.1, 0.15) is 32.6 Å². The van der Waals surface area contributed by atoms with E-state index in [0.717, 1.165) is 38.8 Å². The van der Waals surface area contributed by atoms with Crippen LogP contribution in [-0.2, 0) is 22.3 Å². The van der Waals surface area contributed by atoms with Crippen molar-refractivity contribution < 1.29 is 13.2 Å². The summed E-state index contributed by atoms with van der Waals surface area (Å²) in [5.41, 5.74) is 5.00. The monoisotopic (exact) mass is 516 g/mol. The van der Waals surface area contributed by atoms with Crippen LogP contribution >= 0.6 is 23.4 Å². The molecule has 5 nitrogen and oxygen atoms in total. The number of hydrogen-bond acceptors (Lipinski definition) is 4. The Bertz CT molecular complexity index is 1220. The van der Waals surface area contributed by atoms with Crippen molar-refractivity contribution in [3.05, 3.63) is 99.6 Å². The summed E-state index contributed by atoms with van der Waals surface area (Å²) in [4.78, 5) is 12.5. The molecule has 0 heterocycles. The van der Waals surface area contributed by atoms with E-state index in [9.17, 15) is 13.2 Å². The van der Waals surface area contributed by atoms with E-state index in [2.05, 4.69) is 5.32 Å². The molecule has 8 heteroatoms. The Morgan fingerprint density at radius 3 is 2.24 bits per heavy atom. The van der Waals surface area contributed by atoms with Gasteiger partial charge in [-0.3, -0.25) is 9.10 Å². The van der Waals surface area contributed by atoms with Crippen molar-refractivity contribution in [1.29, 1.82) is 0 Å². The Labute approximate surface area is 211 Å². The first-order valence-electron chi connectivity index (χ1n) is 10.9. The van der Waals surface area contributed by atoms with Crippen LogP contribution in [0.2, 0.25) is 5.02 Å². The lowest BCUT2D eigenvalue weighted by Crippen LogP contribution is -2.30. The van der Waals surface area contributed by atoms with E-state index >= 15 is 0 Å². The number of hydrogen-bond donors (Lipinski definition) is 1. The van der Waals surface area contributed by atoms with Crippen molar-refractivity contribution in [2.24, 2.45) is 0 Å². The SMILES string of the molecule is Cc1cccc(C)c1N(Cc1ccc(C(=O)NCCSCc2cccc(Cl)c2)cc1)S(C)(=O)=O. The molecule has 180 valence electrons. The Hall–Kier alpha value is -2.48. The third-order valence-corrected chi connectivity index (χ3v) is 7.70. The molecule has 0 unspecified atom stereocenters. The largest absolute Gasteiger partial charge is 0.351 e. The Morgan fingerprint density at radius 1 is 0.971 bits per heavy atom. The lowest BCUT2D eigenvalue weighted by atomic mass is 10.1. The normalized spacial score (nSPS) is 11.3. The average molecular weight is 517 g/mol. The fraction of sp³-hybridized carbons (Fsp3) is 0.269. The number of nitrogens with zero attached hydrogens (tertiary/aromatic N) is 1. The number of nitrogens with one attached hydrogen (secondary N) is 1. The van der Waals surface area contributed by atoms with E-state index in [0.29, 0.717) is 17.8 Å². The highest BCUT2D eigenvalue weighted by Gasteiger charge is 2.21. The molecule has 0 aliphatic heterocycles. The molecule has 0 saturated carbocycles. The lowest BCUT2D eigenvalue weighted by molar-refractivity contribution is 0.0956. The van der Waals surface area contributed by atoms with Crippen LogP contribution in [0.5, 0.6) is 0 Å². The number of thioether (sulfide) groups is 1. The third kappa shape index (κ3) is 7.26. The number of amides is 1. The zero-order chi connectivity index (χ0) is 24.7. The topological polar surface area (TPSA) is 66.5 Å². The summed E-state index contributed by atoms with van der Waals surface area (Å²) in [6.07, 6.45) is 1.21. The van der Waals surface area contributed by atoms with Crippen LogP contribution in [0, 0.1) is 13.8 Å². The smallest absolute Gasteiger partial charge is 0.251 e. The molecule has 0 spiro atoms. The number of aryl methyl sites for hydroxylation is 2. The van der Waals surface area contributed by atoms with E-state index in [4.69, 9.17) is 11.6 Å². The van der Waals surface area contributed by atoms with E-state index in [1.165, 1.54) is 10.6 Å². The summed E-state index contributed by atoms with van der Waals surface area (Å²) in [6.45, 7) is 4.56. The molecule has 0 aliphatic rings. The maximum absolute atomic E-state index is 12.5. The summed E-state index contributed by atoms with van der Waals surface area (Å²) in [7, 11) is -3.48. The van der Waals surface area contributed by atoms with Crippen molar-refractivity contribution in [2.75, 3.05) is 22.9 Å². The van der Waals surface area contributed by atoms with Gasteiger partial charge in [-0.1, -0.05) is 54.1 Å². The predicted molar refractivity (Wildman–Crippen MR) is 143 cm³/mol. The highest BCUT2D eigenvalue weighted by molar-refractivity contribution is 7.98. The first-order chi connectivity index (χ1) is 16.1. The fourth-order valence-corrected chi connectivity index (χ4v) is 5.67. The molecular formula is C26H29ClN2O3S2. The minimum absolute atomic E-state index is 0.148. The summed E-state index contributed by atoms with van der Waals surface area (Å²) in [5, 5.41) is 3.66. The molecule has 1 amide bonds. The second-order valence-electron chi connectivity index (χ2n) is 8.15. The number of carbonyl (C=O) groups excluding carboxylic acids is 1. The minimum atomic E-state index is -3.48. The average Bonchev–Trinajstić information content (AvgIpc) is 2.78. The van der Waals surface area contributed by atoms with Crippen LogP contribution in [0.3, 0.4) is 0 Å². The summed E-state index contributed by atoms with van der Waals surface area (Å²) in [5.74, 6) is 1.47. The van der Waals surface area contributed by atoms with Gasteiger partial charge in [-0.15, -0.1) is 0 Å². The fourth-order valence-electron chi connectivity index (χ4n) is 3.64. The highest BCUT2D eigenvalue weighted by Crippen LogP contribution is 2.28. The number of halogens is 1. The number of para-hydroxylation sites is 1. The van der Waals surface area contributed by atoms with E-state index in [-0.39, 0.29) is 12.5 Å². The summed E-state index contributed by atoms with van der Waals surface area (Å²) >= 11 is 7.73. The lowest BCUT2D eigenvalue weighted by Gasteiger charge is -2.26. The van der Waals surface area contributed by atoms with Gasteiger partial charge >= 0.3 is 0 Å². The Kier molecular flexibility index (Phi) is 9.05. The third-order valence-electron chi connectivity index (χ3n) is 5.32. The number of sulfonamides is 1. The molecule has 3 aromatic rings. The molecular weight excluding hydrogens is 488 g/mol. The van der Waals surface area contributed by atoms with Crippen LogP contribution in [0.4, 0.5) is 5.69 Å². The van der Waals surface area contributed by atoms with Gasteiger partial charge in [0.2, 0.25) is 10.0 Å². The van der Waals surface area contributed by atoms with Gasteiger partial charge < -0.3 is 5.32 Å². The quantitative estimate of drug-likeness (QED) is 0.357. The van der Waals surface area contributed by atoms with E-state index < -0.39 is 10.0 Å². The van der Waals surface area contributed by atoms with Crippen molar-refractivity contribution in [3.63, 3.8) is 0 Å². The zero-order valence-corrected chi connectivity index (χ0v) is 21.9. The van der Waals surface area contributed by atoms with Crippen molar-refractivity contribution in [1.82, 2.24) is 5.32 Å². The molecule has 0 fully saturated rings. The first kappa shape index (κ1) is 26.1. The Morgan fingerprint density at radius 2 is 1.62 bits per heavy atom. The summed E-state index contributed by atoms with van der Waals surface area (Å²) in [6, 6.07) is 20.5. The van der Waals surface area contributed by atoms with Gasteiger partial charge in [0.25, 0.3) is 5.91 Å².